The predicted octanol–water partition coefficient (Wildman–Crippen LogP) is -0.502. The van der Waals surface area contributed by atoms with Gasteiger partial charge in [0.1, 0.15) is 17.8 Å². The van der Waals surface area contributed by atoms with Crippen molar-refractivity contribution in [3.8, 4) is 0 Å². The third-order valence-electron chi connectivity index (χ3n) is 2.94. The fourth-order valence-electron chi connectivity index (χ4n) is 1.92. The molecule has 1 aromatic heterocycles. The quantitative estimate of drug-likeness (QED) is 0.518. The number of pyridine rings is 1. The Morgan fingerprint density at radius 2 is 2.26 bits per heavy atom. The number of carbonyl (C=O) groups excluding carboxylic acids is 1. The van der Waals surface area contributed by atoms with Crippen molar-refractivity contribution in [3.05, 3.63) is 30.1 Å². The average Bonchev–Trinajstić information content (AvgIpc) is 2.61. The van der Waals surface area contributed by atoms with E-state index in [9.17, 15) is 9.90 Å². The number of hydrogen-bond donors (Lipinski definition) is 3. The van der Waals surface area contributed by atoms with Gasteiger partial charge in [-0.2, -0.15) is 4.57 Å². The number of nitrogens with two attached hydrogens (primary N) is 1. The van der Waals surface area contributed by atoms with Gasteiger partial charge in [0.05, 0.1) is 6.61 Å². The minimum Gasteiger partial charge on any atom is -0.394 e. The van der Waals surface area contributed by atoms with E-state index >= 15 is 0 Å². The number of halogens is 2. The first-order chi connectivity index (χ1) is 8.87. The highest BCUT2D eigenvalue weighted by Crippen LogP contribution is 2.43. The molecular weight excluding hydrogens is 295 g/mol. The van der Waals surface area contributed by atoms with Crippen LogP contribution in [0.25, 0.3) is 0 Å². The van der Waals surface area contributed by atoms with Crippen LogP contribution in [-0.4, -0.2) is 39.3 Å². The molecule has 1 aliphatic rings. The smallest absolute Gasteiger partial charge is 0.299 e. The summed E-state index contributed by atoms with van der Waals surface area (Å²) in [5.41, 5.74) is 5.43. The molecule has 0 saturated carbocycles. The van der Waals surface area contributed by atoms with Crippen molar-refractivity contribution in [1.82, 2.24) is 0 Å². The molecule has 3 atom stereocenters. The van der Waals surface area contributed by atoms with E-state index in [2.05, 4.69) is 0 Å². The van der Waals surface area contributed by atoms with Crippen molar-refractivity contribution in [1.29, 1.82) is 0 Å². The van der Waals surface area contributed by atoms with E-state index in [1.807, 2.05) is 0 Å². The summed E-state index contributed by atoms with van der Waals surface area (Å²) in [6, 6.07) is 3.10. The molecule has 4 N–H and O–H groups in total. The van der Waals surface area contributed by atoms with Gasteiger partial charge in [0.15, 0.2) is 12.4 Å². The maximum Gasteiger partial charge on any atom is 0.299 e. The van der Waals surface area contributed by atoms with E-state index in [0.717, 1.165) is 0 Å². The molecule has 0 aliphatic carbocycles. The van der Waals surface area contributed by atoms with Crippen molar-refractivity contribution in [2.24, 2.45) is 5.73 Å². The van der Waals surface area contributed by atoms with E-state index < -0.39 is 35.3 Å². The highest BCUT2D eigenvalue weighted by Gasteiger charge is 2.59. The van der Waals surface area contributed by atoms with E-state index in [1.165, 1.54) is 16.8 Å². The lowest BCUT2D eigenvalue weighted by Crippen LogP contribution is -2.49. The SMILES string of the molecule is NC(=O)c1ccc[n+]([C@@H]2O[C@H](CO)C(O)C2(Cl)Cl)c1. The van der Waals surface area contributed by atoms with Crippen LogP contribution in [0.2, 0.25) is 0 Å². The Bertz CT molecular complexity index is 497. The number of primary amides is 1. The summed E-state index contributed by atoms with van der Waals surface area (Å²) in [6.07, 6.45) is -0.107. The van der Waals surface area contributed by atoms with Crippen molar-refractivity contribution in [2.45, 2.75) is 22.8 Å². The van der Waals surface area contributed by atoms with Crippen molar-refractivity contribution in [3.63, 3.8) is 0 Å². The molecule has 0 aromatic carbocycles. The molecule has 1 fully saturated rings. The Morgan fingerprint density at radius 3 is 2.79 bits per heavy atom. The zero-order valence-electron chi connectivity index (χ0n) is 9.74. The Kier molecular flexibility index (Phi) is 3.98. The lowest BCUT2D eigenvalue weighted by atomic mass is 10.1. The first kappa shape index (κ1) is 14.5. The second kappa shape index (κ2) is 5.22. The lowest BCUT2D eigenvalue weighted by Gasteiger charge is -2.18. The van der Waals surface area contributed by atoms with Crippen molar-refractivity contribution < 1.29 is 24.3 Å². The fraction of sp³-hybridized carbons (Fsp3) is 0.455. The standard InChI is InChI=1S/C11H12Cl2N2O4/c12-11(13)8(17)7(5-16)19-10(11)15-3-1-2-6(4-15)9(14)18/h1-4,7-8,10,16-17H,5H2,(H-,14,18)/p+1/t7-,8?,10-/m1/s1. The van der Waals surface area contributed by atoms with Gasteiger partial charge in [-0.15, -0.1) is 0 Å². The van der Waals surface area contributed by atoms with E-state index in [1.54, 1.807) is 12.3 Å². The molecule has 0 bridgehead atoms. The minimum atomic E-state index is -1.64. The van der Waals surface area contributed by atoms with Crippen LogP contribution in [0.3, 0.4) is 0 Å². The molecule has 1 aliphatic heterocycles. The van der Waals surface area contributed by atoms with Gasteiger partial charge in [0.25, 0.3) is 12.1 Å². The van der Waals surface area contributed by atoms with Crippen molar-refractivity contribution >= 4 is 29.1 Å². The van der Waals surface area contributed by atoms with E-state index in [0.29, 0.717) is 0 Å². The number of aliphatic hydroxyl groups excluding tert-OH is 2. The zero-order valence-corrected chi connectivity index (χ0v) is 11.3. The normalized spacial score (nSPS) is 29.4. The predicted molar refractivity (Wildman–Crippen MR) is 66.6 cm³/mol. The summed E-state index contributed by atoms with van der Waals surface area (Å²) < 4.78 is 5.19. The van der Waals surface area contributed by atoms with Gasteiger partial charge in [-0.1, -0.05) is 23.2 Å². The summed E-state index contributed by atoms with van der Waals surface area (Å²) in [6.45, 7) is -0.422. The van der Waals surface area contributed by atoms with Gasteiger partial charge in [0, 0.05) is 6.07 Å². The molecule has 19 heavy (non-hydrogen) atoms. The number of aliphatic hydroxyl groups is 2. The molecule has 1 amide bonds. The maximum atomic E-state index is 11.1. The Hall–Kier alpha value is -0.920. The molecule has 1 saturated heterocycles. The molecule has 1 aromatic rings. The Balaban J connectivity index is 2.36. The number of aromatic nitrogens is 1. The van der Waals surface area contributed by atoms with Gasteiger partial charge in [-0.25, -0.2) is 0 Å². The largest absolute Gasteiger partial charge is 0.394 e. The monoisotopic (exact) mass is 307 g/mol. The number of amides is 1. The first-order valence-corrected chi connectivity index (χ1v) is 6.26. The van der Waals surface area contributed by atoms with Gasteiger partial charge >= 0.3 is 0 Å². The lowest BCUT2D eigenvalue weighted by molar-refractivity contribution is -0.760. The molecule has 1 unspecified atom stereocenters. The summed E-state index contributed by atoms with van der Waals surface area (Å²) in [5, 5.41) is 19.0. The minimum absolute atomic E-state index is 0.247. The molecular formula is C11H13Cl2N2O4+. The van der Waals surface area contributed by atoms with Gasteiger partial charge in [-0.3, -0.25) is 4.79 Å². The van der Waals surface area contributed by atoms with E-state index in [4.69, 9.17) is 38.8 Å². The van der Waals surface area contributed by atoms with Crippen LogP contribution in [0.4, 0.5) is 0 Å². The fourth-order valence-corrected chi connectivity index (χ4v) is 2.53. The number of carbonyl (C=O) groups is 1. The number of alkyl halides is 2. The third-order valence-corrected chi connectivity index (χ3v) is 3.76. The summed E-state index contributed by atoms with van der Waals surface area (Å²) in [5.74, 6) is -0.610. The van der Waals surface area contributed by atoms with Gasteiger partial charge < -0.3 is 20.7 Å². The number of hydrogen-bond acceptors (Lipinski definition) is 4. The molecule has 8 heteroatoms. The average molecular weight is 308 g/mol. The van der Waals surface area contributed by atoms with Crippen molar-refractivity contribution in [2.75, 3.05) is 6.61 Å². The van der Waals surface area contributed by atoms with Gasteiger partial charge in [-0.05, 0) is 6.07 Å². The molecule has 0 spiro atoms. The van der Waals surface area contributed by atoms with Crippen LogP contribution < -0.4 is 10.3 Å². The number of ether oxygens (including phenoxy) is 1. The highest BCUT2D eigenvalue weighted by molar-refractivity contribution is 6.49. The summed E-state index contributed by atoms with van der Waals surface area (Å²) >= 11 is 12.1. The van der Waals surface area contributed by atoms with Crippen LogP contribution in [0.5, 0.6) is 0 Å². The Labute approximate surface area is 119 Å². The van der Waals surface area contributed by atoms with Crippen LogP contribution in [0.1, 0.15) is 16.6 Å². The van der Waals surface area contributed by atoms with Crippen LogP contribution in [-0.2, 0) is 4.74 Å². The number of rotatable bonds is 3. The van der Waals surface area contributed by atoms with Crippen LogP contribution in [0, 0.1) is 0 Å². The summed E-state index contributed by atoms with van der Waals surface area (Å²) in [4.78, 5) is 11.1. The van der Waals surface area contributed by atoms with Crippen LogP contribution >= 0.6 is 23.2 Å². The first-order valence-electron chi connectivity index (χ1n) is 5.50. The molecule has 2 heterocycles. The Morgan fingerprint density at radius 1 is 1.58 bits per heavy atom. The highest BCUT2D eigenvalue weighted by atomic mass is 35.5. The molecule has 104 valence electrons. The third kappa shape index (κ3) is 2.54. The second-order valence-corrected chi connectivity index (χ2v) is 5.68. The molecule has 0 radical (unpaired) electrons. The van der Waals surface area contributed by atoms with Crippen LogP contribution in [0.15, 0.2) is 24.5 Å². The number of nitrogens with zero attached hydrogens (tertiary/aromatic N) is 1. The van der Waals surface area contributed by atoms with E-state index in [-0.39, 0.29) is 5.56 Å². The maximum absolute atomic E-state index is 11.1. The molecule has 2 rings (SSSR count). The topological polar surface area (TPSA) is 96.7 Å². The van der Waals surface area contributed by atoms with Gasteiger partial charge in [0.2, 0.25) is 4.33 Å². The summed E-state index contributed by atoms with van der Waals surface area (Å²) in [7, 11) is 0. The second-order valence-electron chi connectivity index (χ2n) is 4.23. The molecule has 6 nitrogen and oxygen atoms in total. The zero-order chi connectivity index (χ0) is 14.2.